The van der Waals surface area contributed by atoms with Crippen LogP contribution in [0.3, 0.4) is 0 Å². The zero-order chi connectivity index (χ0) is 15.8. The van der Waals surface area contributed by atoms with Crippen molar-refractivity contribution in [3.8, 4) is 0 Å². The van der Waals surface area contributed by atoms with Crippen LogP contribution in [0.4, 0.5) is 0 Å². The third-order valence-electron chi connectivity index (χ3n) is 3.43. The average Bonchev–Trinajstić information content (AvgIpc) is 2.95. The van der Waals surface area contributed by atoms with Crippen molar-refractivity contribution in [3.05, 3.63) is 22.5 Å². The first-order chi connectivity index (χ1) is 9.59. The standard InChI is InChI=1S/2C6H15P.C5H5.2ClH.V/c2*1-4-7(5-2)6-3;1-2-4-5-3-1;;;/h2*4-6H2,1-3H3;1-3H,4H2;2*1H;/q;;;;;+2/p-2. The molecule has 0 aromatic rings. The van der Waals surface area contributed by atoms with E-state index in [2.05, 4.69) is 77.2 Å². The van der Waals surface area contributed by atoms with E-state index in [4.69, 9.17) is 0 Å². The molecule has 132 valence electrons. The van der Waals surface area contributed by atoms with Crippen LogP contribution in [0.2, 0.25) is 0 Å². The van der Waals surface area contributed by atoms with Gasteiger partial charge in [0.1, 0.15) is 0 Å². The maximum absolute atomic E-state index is 2.54. The predicted molar refractivity (Wildman–Crippen MR) is 98.9 cm³/mol. The molecule has 0 saturated carbocycles. The van der Waals surface area contributed by atoms with E-state index in [9.17, 15) is 0 Å². The van der Waals surface area contributed by atoms with Gasteiger partial charge in [0.25, 0.3) is 0 Å². The average molecular weight is 423 g/mol. The molecular weight excluding hydrogens is 388 g/mol. The van der Waals surface area contributed by atoms with E-state index in [1.807, 2.05) is 0 Å². The van der Waals surface area contributed by atoms with Crippen LogP contribution >= 0.6 is 15.8 Å². The van der Waals surface area contributed by atoms with Gasteiger partial charge < -0.3 is 24.8 Å². The molecule has 5 heteroatoms. The summed E-state index contributed by atoms with van der Waals surface area (Å²) in [4.78, 5) is 0. The van der Waals surface area contributed by atoms with E-state index in [-0.39, 0.29) is 24.8 Å². The van der Waals surface area contributed by atoms with Crippen molar-refractivity contribution >= 4 is 15.8 Å². The topological polar surface area (TPSA) is 0 Å². The van der Waals surface area contributed by atoms with Crippen LogP contribution in [0.5, 0.6) is 0 Å². The van der Waals surface area contributed by atoms with E-state index >= 15 is 0 Å². The molecular formula is C17H35Cl2P2V. The molecule has 0 aromatic carbocycles. The van der Waals surface area contributed by atoms with E-state index < -0.39 is 0 Å². The maximum atomic E-state index is 2.54. The van der Waals surface area contributed by atoms with Crippen molar-refractivity contribution in [1.82, 2.24) is 0 Å². The van der Waals surface area contributed by atoms with Gasteiger partial charge in [-0.1, -0.05) is 41.5 Å². The van der Waals surface area contributed by atoms with Gasteiger partial charge in [0, 0.05) is 0 Å². The summed E-state index contributed by atoms with van der Waals surface area (Å²) in [7, 11) is 0.892. The van der Waals surface area contributed by atoms with Gasteiger partial charge in [-0.3, -0.25) is 0 Å². The third-order valence-corrected chi connectivity index (χ3v) is 9.32. The Hall–Kier alpha value is 1.50. The second kappa shape index (κ2) is 24.8. The summed E-state index contributed by atoms with van der Waals surface area (Å²) in [6.07, 6.45) is 16.0. The monoisotopic (exact) mass is 422 g/mol. The van der Waals surface area contributed by atoms with Crippen LogP contribution in [-0.4, -0.2) is 37.0 Å². The molecule has 0 amide bonds. The van der Waals surface area contributed by atoms with Crippen molar-refractivity contribution in [2.24, 2.45) is 0 Å². The van der Waals surface area contributed by atoms with E-state index in [0.29, 0.717) is 15.8 Å². The third kappa shape index (κ3) is 21.5. The Kier molecular flexibility index (Phi) is 35.2. The molecule has 0 fully saturated rings. The van der Waals surface area contributed by atoms with Crippen LogP contribution in [0.25, 0.3) is 0 Å². The summed E-state index contributed by atoms with van der Waals surface area (Å²) in [5.41, 5.74) is 0. The fourth-order valence-corrected chi connectivity index (χ4v) is 4.76. The number of halogens is 2. The van der Waals surface area contributed by atoms with E-state index in [1.54, 1.807) is 0 Å². The second-order valence-electron chi connectivity index (χ2n) is 4.53. The summed E-state index contributed by atoms with van der Waals surface area (Å²) in [5, 5.41) is 0. The van der Waals surface area contributed by atoms with Gasteiger partial charge in [0.15, 0.2) is 0 Å². The molecule has 0 unspecified atom stereocenters. The molecule has 0 nitrogen and oxygen atoms in total. The Morgan fingerprint density at radius 2 is 1.09 bits per heavy atom. The van der Waals surface area contributed by atoms with Gasteiger partial charge in [0.2, 0.25) is 0 Å². The fraction of sp³-hybridized carbons (Fsp3) is 0.765. The Labute approximate surface area is 165 Å². The van der Waals surface area contributed by atoms with E-state index in [1.165, 1.54) is 41.3 Å². The minimum atomic E-state index is 0. The van der Waals surface area contributed by atoms with E-state index in [0.717, 1.165) is 6.42 Å². The number of allylic oxidation sites excluding steroid dienone is 4. The zero-order valence-corrected chi connectivity index (χ0v) is 20.0. The zero-order valence-electron chi connectivity index (χ0n) is 15.3. The normalized spacial score (nSPS) is 11.5. The van der Waals surface area contributed by atoms with Crippen molar-refractivity contribution < 1.29 is 42.2 Å². The van der Waals surface area contributed by atoms with Crippen molar-refractivity contribution in [2.45, 2.75) is 48.0 Å². The minimum absolute atomic E-state index is 0. The molecule has 0 spiro atoms. The molecule has 1 aliphatic rings. The summed E-state index contributed by atoms with van der Waals surface area (Å²) < 4.78 is 1.41. The predicted octanol–water partition coefficient (Wildman–Crippen LogP) is 0.441. The fourth-order valence-electron chi connectivity index (χ4n) is 1.78. The molecule has 0 bridgehead atoms. The molecule has 0 atom stereocenters. The second-order valence-corrected chi connectivity index (χ2v) is 11.9. The molecule has 1 aliphatic carbocycles. The van der Waals surface area contributed by atoms with Crippen molar-refractivity contribution in [2.75, 3.05) is 37.0 Å². The van der Waals surface area contributed by atoms with Crippen molar-refractivity contribution in [1.29, 1.82) is 0 Å². The van der Waals surface area contributed by atoms with Gasteiger partial charge in [0.05, 0.1) is 0 Å². The van der Waals surface area contributed by atoms with Gasteiger partial charge in [-0.15, -0.1) is 15.8 Å². The first kappa shape index (κ1) is 31.3. The SMILES string of the molecule is CCP(CC)CC.CCP(CC)CC.[Cl-].[Cl-].[V+2][C]1=CC=CC1. The quantitative estimate of drug-likeness (QED) is 0.545. The Morgan fingerprint density at radius 1 is 0.773 bits per heavy atom. The Bertz CT molecular complexity index is 228. The summed E-state index contributed by atoms with van der Waals surface area (Å²) in [6.45, 7) is 13.7. The van der Waals surface area contributed by atoms with Crippen LogP contribution < -0.4 is 24.8 Å². The van der Waals surface area contributed by atoms with Crippen LogP contribution in [0, 0.1) is 0 Å². The van der Waals surface area contributed by atoms with Gasteiger partial charge in [-0.2, -0.15) is 0 Å². The number of hydrogen-bond acceptors (Lipinski definition) is 0. The molecule has 0 N–H and O–H groups in total. The number of rotatable bonds is 6. The van der Waals surface area contributed by atoms with Crippen LogP contribution in [0.1, 0.15) is 48.0 Å². The van der Waals surface area contributed by atoms with Gasteiger partial charge in [-0.05, 0) is 37.0 Å². The molecule has 0 heterocycles. The summed E-state index contributed by atoms with van der Waals surface area (Å²) in [5.74, 6) is 0. The molecule has 0 saturated heterocycles. The molecule has 0 aromatic heterocycles. The first-order valence-electron chi connectivity index (χ1n) is 8.08. The summed E-state index contributed by atoms with van der Waals surface area (Å²) >= 11 is 2.54. The molecule has 1 rings (SSSR count). The van der Waals surface area contributed by atoms with Crippen molar-refractivity contribution in [3.63, 3.8) is 0 Å². The Morgan fingerprint density at radius 3 is 1.14 bits per heavy atom. The first-order valence-corrected chi connectivity index (χ1v) is 12.6. The van der Waals surface area contributed by atoms with Gasteiger partial charge in [-0.25, -0.2) is 0 Å². The molecule has 22 heavy (non-hydrogen) atoms. The Balaban J connectivity index is -0.000000106. The van der Waals surface area contributed by atoms with Crippen LogP contribution in [0.15, 0.2) is 22.5 Å². The number of hydrogen-bond donors (Lipinski definition) is 0. The van der Waals surface area contributed by atoms with Gasteiger partial charge >= 0.3 is 46.4 Å². The van der Waals surface area contributed by atoms with Crippen LogP contribution in [-0.2, 0) is 17.4 Å². The molecule has 0 radical (unpaired) electrons. The molecule has 0 aliphatic heterocycles. The summed E-state index contributed by atoms with van der Waals surface area (Å²) in [6, 6.07) is 0.